The van der Waals surface area contributed by atoms with Crippen molar-refractivity contribution in [3.8, 4) is 0 Å². The molecular weight excluding hydrogens is 318 g/mol. The van der Waals surface area contributed by atoms with E-state index < -0.39 is 31.9 Å². The predicted octanol–water partition coefficient (Wildman–Crippen LogP) is -1.35. The van der Waals surface area contributed by atoms with Crippen LogP contribution in [-0.4, -0.2) is 86.5 Å². The Morgan fingerprint density at radius 2 is 1.76 bits per heavy atom. The van der Waals surface area contributed by atoms with Gasteiger partial charge in [-0.25, -0.2) is 8.42 Å². The molecule has 124 valence electrons. The molecule has 1 spiro atoms. The summed E-state index contributed by atoms with van der Waals surface area (Å²) in [6, 6.07) is 0. The Labute approximate surface area is 126 Å². The van der Waals surface area contributed by atoms with Crippen LogP contribution in [0.25, 0.3) is 0 Å². The van der Waals surface area contributed by atoms with Gasteiger partial charge >= 0.3 is 0 Å². The van der Waals surface area contributed by atoms with Gasteiger partial charge in [-0.1, -0.05) is 0 Å². The molecule has 0 aromatic heterocycles. The molecule has 8 nitrogen and oxygen atoms in total. The quantitative estimate of drug-likeness (QED) is 0.685. The Hall–Kier alpha value is -0.260. The zero-order valence-corrected chi connectivity index (χ0v) is 14.2. The van der Waals surface area contributed by atoms with E-state index in [1.54, 1.807) is 0 Å². The highest BCUT2D eigenvalue weighted by Crippen LogP contribution is 2.40. The normalized spacial score (nSPS) is 33.1. The van der Waals surface area contributed by atoms with Gasteiger partial charge in [-0.15, -0.1) is 0 Å². The lowest BCUT2D eigenvalue weighted by molar-refractivity contribution is -0.0153. The van der Waals surface area contributed by atoms with Crippen LogP contribution in [0.15, 0.2) is 0 Å². The van der Waals surface area contributed by atoms with Gasteiger partial charge in [-0.3, -0.25) is 0 Å². The summed E-state index contributed by atoms with van der Waals surface area (Å²) in [5.41, 5.74) is -0.855. The first-order valence-corrected chi connectivity index (χ1v) is 10.1. The first kappa shape index (κ1) is 17.1. The SMILES string of the molecule is CN(C)S(=O)(=O)N1CC[C@@]2(CCCN2S(C)(=O)=O)[C@@H](O)C1. The minimum atomic E-state index is -3.59. The van der Waals surface area contributed by atoms with Crippen LogP contribution in [0.3, 0.4) is 0 Å². The van der Waals surface area contributed by atoms with E-state index in [0.29, 0.717) is 25.8 Å². The van der Waals surface area contributed by atoms with Crippen molar-refractivity contribution in [2.24, 2.45) is 0 Å². The summed E-state index contributed by atoms with van der Waals surface area (Å²) in [6.45, 7) is 0.520. The van der Waals surface area contributed by atoms with Gasteiger partial charge < -0.3 is 5.11 Å². The maximum atomic E-state index is 12.1. The molecule has 0 saturated carbocycles. The van der Waals surface area contributed by atoms with Gasteiger partial charge in [-0.2, -0.15) is 21.3 Å². The molecular formula is C11H23N3O5S2. The number of rotatable bonds is 3. The summed E-state index contributed by atoms with van der Waals surface area (Å²) in [5, 5.41) is 10.5. The monoisotopic (exact) mass is 341 g/mol. The third-order valence-corrected chi connectivity index (χ3v) is 7.70. The lowest BCUT2D eigenvalue weighted by Gasteiger charge is -2.47. The fourth-order valence-electron chi connectivity index (χ4n) is 3.33. The molecule has 2 heterocycles. The van der Waals surface area contributed by atoms with Gasteiger partial charge in [0.2, 0.25) is 10.0 Å². The first-order chi connectivity index (χ1) is 9.52. The molecule has 0 bridgehead atoms. The second-order valence-electron chi connectivity index (χ2n) is 5.96. The third kappa shape index (κ3) is 2.84. The second-order valence-corrected chi connectivity index (χ2v) is 10.0. The van der Waals surface area contributed by atoms with Crippen LogP contribution < -0.4 is 0 Å². The molecule has 0 aromatic rings. The van der Waals surface area contributed by atoms with Gasteiger partial charge in [0, 0.05) is 33.7 Å². The van der Waals surface area contributed by atoms with Crippen LogP contribution in [0.4, 0.5) is 0 Å². The number of aliphatic hydroxyl groups excluding tert-OH is 1. The number of hydrogen-bond acceptors (Lipinski definition) is 5. The summed E-state index contributed by atoms with van der Waals surface area (Å²) in [4.78, 5) is 0. The van der Waals surface area contributed by atoms with Crippen molar-refractivity contribution in [3.63, 3.8) is 0 Å². The zero-order valence-electron chi connectivity index (χ0n) is 12.6. The highest BCUT2D eigenvalue weighted by atomic mass is 32.2. The topological polar surface area (TPSA) is 98.2 Å². The number of nitrogens with zero attached hydrogens (tertiary/aromatic N) is 3. The van der Waals surface area contributed by atoms with Crippen molar-refractivity contribution in [1.29, 1.82) is 0 Å². The molecule has 1 N–H and O–H groups in total. The van der Waals surface area contributed by atoms with Crippen LogP contribution in [0.2, 0.25) is 0 Å². The predicted molar refractivity (Wildman–Crippen MR) is 78.3 cm³/mol. The average Bonchev–Trinajstić information content (AvgIpc) is 2.77. The van der Waals surface area contributed by atoms with Crippen molar-refractivity contribution >= 4 is 20.2 Å². The fourth-order valence-corrected chi connectivity index (χ4v) is 5.87. The summed E-state index contributed by atoms with van der Waals surface area (Å²) >= 11 is 0. The van der Waals surface area contributed by atoms with E-state index in [9.17, 15) is 21.9 Å². The van der Waals surface area contributed by atoms with Crippen molar-refractivity contribution in [2.75, 3.05) is 40.0 Å². The largest absolute Gasteiger partial charge is 0.390 e. The molecule has 21 heavy (non-hydrogen) atoms. The Morgan fingerprint density at radius 3 is 2.24 bits per heavy atom. The average molecular weight is 341 g/mol. The van der Waals surface area contributed by atoms with E-state index >= 15 is 0 Å². The van der Waals surface area contributed by atoms with E-state index in [0.717, 1.165) is 10.6 Å². The lowest BCUT2D eigenvalue weighted by Crippen LogP contribution is -2.64. The van der Waals surface area contributed by atoms with Gasteiger partial charge in [0.1, 0.15) is 0 Å². The van der Waals surface area contributed by atoms with E-state index in [4.69, 9.17) is 0 Å². The second kappa shape index (κ2) is 5.43. The molecule has 2 aliphatic heterocycles. The molecule has 2 rings (SSSR count). The van der Waals surface area contributed by atoms with Gasteiger partial charge in [0.05, 0.1) is 17.9 Å². The Morgan fingerprint density at radius 1 is 1.14 bits per heavy atom. The smallest absolute Gasteiger partial charge is 0.281 e. The number of aliphatic hydroxyl groups is 1. The molecule has 0 aromatic carbocycles. The molecule has 2 saturated heterocycles. The highest BCUT2D eigenvalue weighted by molar-refractivity contribution is 7.88. The maximum absolute atomic E-state index is 12.1. The first-order valence-electron chi connectivity index (χ1n) is 6.85. The van der Waals surface area contributed by atoms with Crippen molar-refractivity contribution in [1.82, 2.24) is 12.9 Å². The molecule has 0 aliphatic carbocycles. The lowest BCUT2D eigenvalue weighted by atomic mass is 9.84. The Balaban J connectivity index is 2.26. The van der Waals surface area contributed by atoms with E-state index in [1.165, 1.54) is 22.7 Å². The van der Waals surface area contributed by atoms with E-state index in [-0.39, 0.29) is 13.1 Å². The molecule has 2 atom stereocenters. The fraction of sp³-hybridized carbons (Fsp3) is 1.00. The molecule has 0 amide bonds. The van der Waals surface area contributed by atoms with Crippen molar-refractivity contribution < 1.29 is 21.9 Å². The minimum absolute atomic E-state index is 0.0769. The number of β-amino-alcohol motifs (C(OH)–C–C–N with tert-alkyl or cyclic N) is 1. The Kier molecular flexibility index (Phi) is 4.42. The summed E-state index contributed by atoms with van der Waals surface area (Å²) < 4.78 is 51.7. The number of piperidine rings is 1. The van der Waals surface area contributed by atoms with Crippen LogP contribution in [0, 0.1) is 0 Å². The number of sulfonamides is 1. The number of hydrogen-bond donors (Lipinski definition) is 1. The van der Waals surface area contributed by atoms with Gasteiger partial charge in [-0.05, 0) is 19.3 Å². The minimum Gasteiger partial charge on any atom is -0.390 e. The van der Waals surface area contributed by atoms with Crippen LogP contribution in [0.1, 0.15) is 19.3 Å². The summed E-state index contributed by atoms with van der Waals surface area (Å²) in [6.07, 6.45) is 1.68. The molecule has 2 fully saturated rings. The van der Waals surface area contributed by atoms with Crippen LogP contribution >= 0.6 is 0 Å². The highest BCUT2D eigenvalue weighted by Gasteiger charge is 2.54. The molecule has 10 heteroatoms. The summed E-state index contributed by atoms with van der Waals surface area (Å²) in [5.74, 6) is 0. The molecule has 0 radical (unpaired) electrons. The van der Waals surface area contributed by atoms with Crippen molar-refractivity contribution in [2.45, 2.75) is 30.9 Å². The van der Waals surface area contributed by atoms with Gasteiger partial charge in [0.25, 0.3) is 10.2 Å². The zero-order chi connectivity index (χ0) is 16.1. The molecule has 0 unspecified atom stereocenters. The van der Waals surface area contributed by atoms with Crippen molar-refractivity contribution in [3.05, 3.63) is 0 Å². The standard InChI is InChI=1S/C11H23N3O5S2/c1-12(2)21(18,19)13-8-6-11(10(15)9-13)5-4-7-14(11)20(3,16)17/h10,15H,4-9H2,1-3H3/t10-,11-/m0/s1. The van der Waals surface area contributed by atoms with Crippen LogP contribution in [-0.2, 0) is 20.2 Å². The Bertz CT molecular complexity index is 603. The van der Waals surface area contributed by atoms with Gasteiger partial charge in [0.15, 0.2) is 0 Å². The maximum Gasteiger partial charge on any atom is 0.281 e. The van der Waals surface area contributed by atoms with E-state index in [1.807, 2.05) is 0 Å². The molecule has 2 aliphatic rings. The third-order valence-electron chi connectivity index (χ3n) is 4.45. The van der Waals surface area contributed by atoms with Crippen LogP contribution in [0.5, 0.6) is 0 Å². The summed E-state index contributed by atoms with van der Waals surface area (Å²) in [7, 11) is -4.14. The van der Waals surface area contributed by atoms with E-state index in [2.05, 4.69) is 0 Å².